The van der Waals surface area contributed by atoms with Crippen molar-refractivity contribution in [3.05, 3.63) is 34.4 Å². The van der Waals surface area contributed by atoms with E-state index in [-0.39, 0.29) is 5.91 Å². The molecule has 0 aliphatic rings. The van der Waals surface area contributed by atoms with Gasteiger partial charge in [-0.1, -0.05) is 6.92 Å². The fourth-order valence-corrected chi connectivity index (χ4v) is 1.15. The van der Waals surface area contributed by atoms with Crippen LogP contribution in [-0.4, -0.2) is 23.7 Å². The highest BCUT2D eigenvalue weighted by molar-refractivity contribution is 5.93. The predicted octanol–water partition coefficient (Wildman–Crippen LogP) is 0.531. The summed E-state index contributed by atoms with van der Waals surface area (Å²) in [5.41, 5.74) is -0.191. The van der Waals surface area contributed by atoms with Gasteiger partial charge in [0.1, 0.15) is 6.26 Å². The minimum Gasteiger partial charge on any atom is -0.430 e. The monoisotopic (exact) mass is 225 g/mol. The van der Waals surface area contributed by atoms with Crippen LogP contribution in [0.4, 0.5) is 0 Å². The van der Waals surface area contributed by atoms with Gasteiger partial charge in [0.2, 0.25) is 0 Å². The van der Waals surface area contributed by atoms with Gasteiger partial charge in [-0.3, -0.25) is 4.79 Å². The van der Waals surface area contributed by atoms with Crippen LogP contribution in [0.2, 0.25) is 0 Å². The number of nitrogens with one attached hydrogen (secondary N) is 1. The maximum Gasteiger partial charge on any atom is 0.335 e. The summed E-state index contributed by atoms with van der Waals surface area (Å²) in [6, 6.07) is 2.59. The molecule has 5 heteroatoms. The Hall–Kier alpha value is -1.62. The van der Waals surface area contributed by atoms with Crippen molar-refractivity contribution in [3.63, 3.8) is 0 Å². The number of aliphatic hydroxyl groups is 1. The average Bonchev–Trinajstić information content (AvgIpc) is 2.29. The van der Waals surface area contributed by atoms with E-state index < -0.39 is 11.7 Å². The summed E-state index contributed by atoms with van der Waals surface area (Å²) < 4.78 is 4.56. The van der Waals surface area contributed by atoms with Crippen molar-refractivity contribution in [2.24, 2.45) is 0 Å². The molecule has 88 valence electrons. The Labute approximate surface area is 93.1 Å². The molecule has 1 rings (SSSR count). The summed E-state index contributed by atoms with van der Waals surface area (Å²) in [5.74, 6) is -0.313. The Morgan fingerprint density at radius 3 is 2.88 bits per heavy atom. The minimum absolute atomic E-state index is 0.297. The van der Waals surface area contributed by atoms with Crippen LogP contribution in [0.25, 0.3) is 0 Å². The summed E-state index contributed by atoms with van der Waals surface area (Å²) in [4.78, 5) is 22.1. The molecule has 16 heavy (non-hydrogen) atoms. The van der Waals surface area contributed by atoms with Crippen molar-refractivity contribution in [1.29, 1.82) is 0 Å². The normalized spacial score (nSPS) is 12.1. The molecular formula is C11H15NO4. The van der Waals surface area contributed by atoms with E-state index in [9.17, 15) is 14.7 Å². The number of carbonyl (C=O) groups excluding carboxylic acids is 1. The molecule has 0 spiro atoms. The molecule has 1 amide bonds. The van der Waals surface area contributed by atoms with Crippen molar-refractivity contribution in [2.45, 2.75) is 25.9 Å². The second kappa shape index (κ2) is 6.07. The van der Waals surface area contributed by atoms with Crippen molar-refractivity contribution in [2.75, 3.05) is 6.54 Å². The molecule has 0 aromatic carbocycles. The molecule has 2 N–H and O–H groups in total. The zero-order chi connectivity index (χ0) is 12.0. The lowest BCUT2D eigenvalue weighted by Crippen LogP contribution is -2.27. The zero-order valence-corrected chi connectivity index (χ0v) is 9.10. The molecule has 0 radical (unpaired) electrons. The molecular weight excluding hydrogens is 210 g/mol. The number of carbonyl (C=O) groups is 1. The first-order valence-electron chi connectivity index (χ1n) is 5.18. The maximum atomic E-state index is 11.5. The maximum absolute atomic E-state index is 11.5. The number of aliphatic hydroxyl groups excluding tert-OH is 1. The minimum atomic E-state index is -0.488. The van der Waals surface area contributed by atoms with Gasteiger partial charge in [0.25, 0.3) is 5.91 Å². The summed E-state index contributed by atoms with van der Waals surface area (Å²) >= 11 is 0. The van der Waals surface area contributed by atoms with Gasteiger partial charge in [-0.25, -0.2) is 4.79 Å². The van der Waals surface area contributed by atoms with Gasteiger partial charge in [-0.2, -0.15) is 0 Å². The molecule has 0 saturated carbocycles. The lowest BCUT2D eigenvalue weighted by atomic mass is 10.2. The fourth-order valence-electron chi connectivity index (χ4n) is 1.15. The number of rotatable bonds is 5. The Morgan fingerprint density at radius 1 is 1.56 bits per heavy atom. The van der Waals surface area contributed by atoms with Crippen molar-refractivity contribution in [3.8, 4) is 0 Å². The zero-order valence-electron chi connectivity index (χ0n) is 9.10. The Kier molecular flexibility index (Phi) is 4.72. The SMILES string of the molecule is CCC(O)CCNC(=O)c1ccc(=O)oc1. The second-order valence-electron chi connectivity index (χ2n) is 3.45. The van der Waals surface area contributed by atoms with E-state index in [1.165, 1.54) is 12.1 Å². The molecule has 1 aromatic heterocycles. The molecule has 0 bridgehead atoms. The van der Waals surface area contributed by atoms with Crippen LogP contribution < -0.4 is 10.9 Å². The lowest BCUT2D eigenvalue weighted by Gasteiger charge is -2.08. The first-order valence-corrected chi connectivity index (χ1v) is 5.18. The number of amides is 1. The van der Waals surface area contributed by atoms with E-state index in [1.807, 2.05) is 6.92 Å². The highest BCUT2D eigenvalue weighted by Crippen LogP contribution is 1.97. The number of hydrogen-bond acceptors (Lipinski definition) is 4. The third-order valence-electron chi connectivity index (χ3n) is 2.20. The third kappa shape index (κ3) is 3.86. The second-order valence-corrected chi connectivity index (χ2v) is 3.45. The van der Waals surface area contributed by atoms with Gasteiger partial charge in [-0.15, -0.1) is 0 Å². The van der Waals surface area contributed by atoms with Gasteiger partial charge >= 0.3 is 5.63 Å². The largest absolute Gasteiger partial charge is 0.430 e. The van der Waals surface area contributed by atoms with Crippen molar-refractivity contribution >= 4 is 5.91 Å². The van der Waals surface area contributed by atoms with Gasteiger partial charge in [0, 0.05) is 12.6 Å². The predicted molar refractivity (Wildman–Crippen MR) is 58.2 cm³/mol. The molecule has 1 unspecified atom stereocenters. The molecule has 0 saturated heterocycles. The number of hydrogen-bond donors (Lipinski definition) is 2. The smallest absolute Gasteiger partial charge is 0.335 e. The Balaban J connectivity index is 2.41. The average molecular weight is 225 g/mol. The molecule has 1 heterocycles. The quantitative estimate of drug-likeness (QED) is 0.766. The first-order chi connectivity index (χ1) is 7.63. The van der Waals surface area contributed by atoms with Gasteiger partial charge in [0.05, 0.1) is 11.7 Å². The summed E-state index contributed by atoms with van der Waals surface area (Å²) in [5, 5.41) is 11.9. The van der Waals surface area contributed by atoms with E-state index >= 15 is 0 Å². The van der Waals surface area contributed by atoms with Crippen LogP contribution in [0.3, 0.4) is 0 Å². The molecule has 0 aliphatic carbocycles. The van der Waals surface area contributed by atoms with E-state index in [2.05, 4.69) is 9.73 Å². The molecule has 1 atom stereocenters. The summed E-state index contributed by atoms with van der Waals surface area (Å²) in [7, 11) is 0. The van der Waals surface area contributed by atoms with E-state index in [4.69, 9.17) is 0 Å². The van der Waals surface area contributed by atoms with Crippen molar-refractivity contribution < 1.29 is 14.3 Å². The third-order valence-corrected chi connectivity index (χ3v) is 2.20. The molecule has 0 fully saturated rings. The topological polar surface area (TPSA) is 79.5 Å². The van der Waals surface area contributed by atoms with Crippen LogP contribution >= 0.6 is 0 Å². The van der Waals surface area contributed by atoms with Crippen LogP contribution in [0.1, 0.15) is 30.1 Å². The highest BCUT2D eigenvalue weighted by Gasteiger charge is 2.06. The van der Waals surface area contributed by atoms with Crippen molar-refractivity contribution in [1.82, 2.24) is 5.32 Å². The first kappa shape index (κ1) is 12.4. The van der Waals surface area contributed by atoms with Crippen LogP contribution in [0.15, 0.2) is 27.6 Å². The lowest BCUT2D eigenvalue weighted by molar-refractivity contribution is 0.0939. The standard InChI is InChI=1S/C11H15NO4/c1-2-9(13)5-6-12-11(15)8-3-4-10(14)16-7-8/h3-4,7,9,13H,2,5-6H2,1H3,(H,12,15). The van der Waals surface area contributed by atoms with E-state index in [1.54, 1.807) is 0 Å². The summed E-state index contributed by atoms with van der Waals surface area (Å²) in [6.45, 7) is 2.27. The Morgan fingerprint density at radius 2 is 2.31 bits per heavy atom. The van der Waals surface area contributed by atoms with Crippen LogP contribution in [-0.2, 0) is 0 Å². The molecule has 1 aromatic rings. The van der Waals surface area contributed by atoms with E-state index in [0.29, 0.717) is 24.9 Å². The highest BCUT2D eigenvalue weighted by atomic mass is 16.4. The van der Waals surface area contributed by atoms with Crippen LogP contribution in [0.5, 0.6) is 0 Å². The van der Waals surface area contributed by atoms with Gasteiger partial charge in [-0.05, 0) is 18.9 Å². The Bertz CT molecular complexity index is 379. The van der Waals surface area contributed by atoms with Gasteiger partial charge < -0.3 is 14.8 Å². The summed E-state index contributed by atoms with van der Waals surface area (Å²) in [6.07, 6.45) is 1.90. The molecule has 0 aliphatic heterocycles. The fraction of sp³-hybridized carbons (Fsp3) is 0.455. The van der Waals surface area contributed by atoms with Gasteiger partial charge in [0.15, 0.2) is 0 Å². The van der Waals surface area contributed by atoms with E-state index in [0.717, 1.165) is 6.26 Å². The molecule has 5 nitrogen and oxygen atoms in total. The van der Waals surface area contributed by atoms with Crippen LogP contribution in [0, 0.1) is 0 Å².